The van der Waals surface area contributed by atoms with E-state index >= 15 is 0 Å². The molecule has 6 rings (SSSR count). The van der Waals surface area contributed by atoms with Gasteiger partial charge >= 0.3 is 232 Å². The molecule has 182 valence electrons. The number of fused-ring (bicyclic) bond motifs is 2. The van der Waals surface area contributed by atoms with Crippen molar-refractivity contribution in [2.45, 2.75) is 23.7 Å². The van der Waals surface area contributed by atoms with Gasteiger partial charge in [0.15, 0.2) is 0 Å². The molecule has 0 aliphatic heterocycles. The zero-order valence-corrected chi connectivity index (χ0v) is 24.4. The molecule has 4 aromatic rings. The average molecular weight is 599 g/mol. The van der Waals surface area contributed by atoms with Gasteiger partial charge in [0, 0.05) is 0 Å². The van der Waals surface area contributed by atoms with Gasteiger partial charge in [0.1, 0.15) is 0 Å². The van der Waals surface area contributed by atoms with Crippen molar-refractivity contribution in [1.29, 1.82) is 0 Å². The summed E-state index contributed by atoms with van der Waals surface area (Å²) in [7, 11) is 14.9. The zero-order chi connectivity index (χ0) is 25.2. The fourth-order valence-corrected chi connectivity index (χ4v) is 13.7. The van der Waals surface area contributed by atoms with Crippen LogP contribution < -0.4 is 0 Å². The van der Waals surface area contributed by atoms with Crippen molar-refractivity contribution in [3.8, 4) is 0 Å². The molecule has 4 aromatic carbocycles. The molecule has 0 amide bonds. The summed E-state index contributed by atoms with van der Waals surface area (Å²) in [5.74, 6) is 0.683. The number of allylic oxidation sites excluding steroid dienone is 2. The summed E-state index contributed by atoms with van der Waals surface area (Å²) in [6.45, 7) is 0. The molecule has 0 saturated carbocycles. The third kappa shape index (κ3) is 5.28. The molecule has 0 heterocycles. The van der Waals surface area contributed by atoms with Crippen LogP contribution in [-0.4, -0.2) is 7.42 Å². The van der Waals surface area contributed by atoms with E-state index in [4.69, 9.17) is 17.0 Å². The van der Waals surface area contributed by atoms with Crippen molar-refractivity contribution in [2.75, 3.05) is 0 Å². The molecule has 0 fully saturated rings. The van der Waals surface area contributed by atoms with Crippen LogP contribution in [0.15, 0.2) is 121 Å². The van der Waals surface area contributed by atoms with Crippen LogP contribution in [0.3, 0.4) is 0 Å². The minimum atomic E-state index is -3.86. The van der Waals surface area contributed by atoms with E-state index in [1.807, 2.05) is 0 Å². The summed E-state index contributed by atoms with van der Waals surface area (Å²) in [6, 6.07) is 38.7. The molecule has 0 saturated heterocycles. The number of hydrogen-bond acceptors (Lipinski definition) is 0. The Morgan fingerprint density at radius 3 is 1.32 bits per heavy atom. The van der Waals surface area contributed by atoms with Gasteiger partial charge in [-0.25, -0.2) is 0 Å². The van der Waals surface area contributed by atoms with Crippen molar-refractivity contribution in [1.82, 2.24) is 0 Å². The molecular weight excluding hydrogens is 571 g/mol. The Kier molecular flexibility index (Phi) is 7.22. The summed E-state index contributed by atoms with van der Waals surface area (Å²) >= 11 is -3.86. The Morgan fingerprint density at radius 1 is 0.514 bits per heavy atom. The van der Waals surface area contributed by atoms with Gasteiger partial charge in [0.25, 0.3) is 0 Å². The molecule has 4 unspecified atom stereocenters. The van der Waals surface area contributed by atoms with E-state index in [1.165, 1.54) is 33.4 Å². The Bertz CT molecular complexity index is 1470. The van der Waals surface area contributed by atoms with E-state index in [-0.39, 0.29) is 23.7 Å². The van der Waals surface area contributed by atoms with E-state index in [9.17, 15) is 0 Å². The predicted molar refractivity (Wildman–Crippen MR) is 159 cm³/mol. The molecule has 2 aliphatic carbocycles. The third-order valence-corrected chi connectivity index (χ3v) is 14.6. The SMILES string of the molecule is [Cl][Zr]([Cl])(=[CH]C(c1ccccc1)C1C=Cc2ccccc21)=[CH]C(c1ccccc1)C1C=Cc2ccccc21. The van der Waals surface area contributed by atoms with Gasteiger partial charge in [-0.3, -0.25) is 0 Å². The van der Waals surface area contributed by atoms with Crippen molar-refractivity contribution >= 4 is 36.6 Å². The second-order valence-electron chi connectivity index (χ2n) is 9.91. The van der Waals surface area contributed by atoms with Gasteiger partial charge in [-0.2, -0.15) is 0 Å². The Morgan fingerprint density at radius 2 is 0.892 bits per heavy atom. The second-order valence-corrected chi connectivity index (χ2v) is 23.4. The first-order valence-electron chi connectivity index (χ1n) is 12.8. The fourth-order valence-electron chi connectivity index (χ4n) is 5.88. The summed E-state index contributed by atoms with van der Waals surface area (Å²) in [6.07, 6.45) is 9.11. The molecule has 0 radical (unpaired) electrons. The van der Waals surface area contributed by atoms with Gasteiger partial charge < -0.3 is 0 Å². The third-order valence-electron chi connectivity index (χ3n) is 7.62. The van der Waals surface area contributed by atoms with Crippen LogP contribution in [0.1, 0.15) is 57.1 Å². The van der Waals surface area contributed by atoms with Crippen molar-refractivity contribution < 1.29 is 16.9 Å². The molecule has 0 aromatic heterocycles. The number of halogens is 2. The molecule has 4 atom stereocenters. The second kappa shape index (κ2) is 10.7. The van der Waals surface area contributed by atoms with Crippen molar-refractivity contribution in [2.24, 2.45) is 0 Å². The standard InChI is InChI=1S/2C17H14.2ClH.Zr/c2*1-13(14-7-3-2-4-8-14)16-12-11-15-9-5-6-10-17(15)16;;;/h2*1-13,16H;2*1H;/q;;;;+2/p-2. The maximum atomic E-state index is 7.45. The van der Waals surface area contributed by atoms with Gasteiger partial charge in [0.2, 0.25) is 0 Å². The molecule has 0 N–H and O–H groups in total. The average Bonchev–Trinajstić information content (AvgIpc) is 3.56. The van der Waals surface area contributed by atoms with E-state index in [2.05, 4.69) is 141 Å². The quantitative estimate of drug-likeness (QED) is 0.208. The van der Waals surface area contributed by atoms with Gasteiger partial charge in [-0.05, 0) is 0 Å². The molecular formula is C34H28Cl2Zr. The molecule has 3 heteroatoms. The topological polar surface area (TPSA) is 0 Å². The number of rotatable bonds is 6. The van der Waals surface area contributed by atoms with E-state index < -0.39 is 16.9 Å². The van der Waals surface area contributed by atoms with E-state index in [0.29, 0.717) is 0 Å². The Hall–Kier alpha value is -2.44. The minimum absolute atomic E-state index is 0.117. The summed E-state index contributed by atoms with van der Waals surface area (Å²) in [5, 5.41) is 0. The first kappa shape index (κ1) is 24.9. The van der Waals surface area contributed by atoms with E-state index in [0.717, 1.165) is 0 Å². The van der Waals surface area contributed by atoms with Crippen LogP contribution in [0.4, 0.5) is 0 Å². The molecule has 0 spiro atoms. The fraction of sp³-hybridized carbons (Fsp3) is 0.118. The van der Waals surface area contributed by atoms with Crippen LogP contribution in [0.25, 0.3) is 12.2 Å². The molecule has 0 bridgehead atoms. The van der Waals surface area contributed by atoms with Crippen molar-refractivity contribution in [3.63, 3.8) is 0 Å². The number of benzene rings is 4. The monoisotopic (exact) mass is 596 g/mol. The number of hydrogen-bond donors (Lipinski definition) is 0. The zero-order valence-electron chi connectivity index (χ0n) is 20.4. The first-order valence-corrected chi connectivity index (χ1v) is 22.0. The van der Waals surface area contributed by atoms with Gasteiger partial charge in [-0.1, -0.05) is 0 Å². The van der Waals surface area contributed by atoms with Crippen LogP contribution >= 0.6 is 17.0 Å². The van der Waals surface area contributed by atoms with Gasteiger partial charge in [0.05, 0.1) is 0 Å². The Balaban J connectivity index is 1.49. The Labute approximate surface area is 230 Å². The van der Waals surface area contributed by atoms with Crippen LogP contribution in [0, 0.1) is 0 Å². The van der Waals surface area contributed by atoms with Crippen LogP contribution in [-0.2, 0) is 16.9 Å². The molecule has 2 aliphatic rings. The summed E-state index contributed by atoms with van der Waals surface area (Å²) in [5.41, 5.74) is 7.76. The maximum absolute atomic E-state index is 7.45. The molecule has 37 heavy (non-hydrogen) atoms. The van der Waals surface area contributed by atoms with Crippen LogP contribution in [0.5, 0.6) is 0 Å². The predicted octanol–water partition coefficient (Wildman–Crippen LogP) is 9.24. The molecule has 0 nitrogen and oxygen atoms in total. The first-order chi connectivity index (χ1) is 18.1. The van der Waals surface area contributed by atoms with Crippen molar-refractivity contribution in [3.05, 3.63) is 155 Å². The van der Waals surface area contributed by atoms with Crippen LogP contribution in [0.2, 0.25) is 0 Å². The summed E-state index contributed by atoms with van der Waals surface area (Å²) in [4.78, 5) is 0. The van der Waals surface area contributed by atoms with Gasteiger partial charge in [-0.15, -0.1) is 0 Å². The normalized spacial score (nSPS) is 18.8. The summed E-state index contributed by atoms with van der Waals surface area (Å²) < 4.78 is 4.68. The van der Waals surface area contributed by atoms with E-state index in [1.54, 1.807) is 0 Å².